The summed E-state index contributed by atoms with van der Waals surface area (Å²) in [5, 5.41) is 20.1. The Morgan fingerprint density at radius 1 is 1.56 bits per heavy atom. The summed E-state index contributed by atoms with van der Waals surface area (Å²) in [6.45, 7) is 2.29. The fourth-order valence-corrected chi connectivity index (χ4v) is 3.53. The Morgan fingerprint density at radius 3 is 2.56 bits per heavy atom. The van der Waals surface area contributed by atoms with Crippen LogP contribution in [0.15, 0.2) is 10.3 Å². The van der Waals surface area contributed by atoms with Crippen molar-refractivity contribution in [2.24, 2.45) is 0 Å². The van der Waals surface area contributed by atoms with Crippen LogP contribution in [0.5, 0.6) is 0 Å². The van der Waals surface area contributed by atoms with E-state index in [-0.39, 0.29) is 28.0 Å². The van der Waals surface area contributed by atoms with Crippen LogP contribution >= 0.6 is 11.3 Å². The van der Waals surface area contributed by atoms with Crippen LogP contribution in [0.1, 0.15) is 6.92 Å². The first-order valence-corrected chi connectivity index (χ1v) is 7.86. The van der Waals surface area contributed by atoms with E-state index < -0.39 is 14.8 Å². The molecule has 1 heterocycles. The molecule has 0 aliphatic heterocycles. The normalized spacial score (nSPS) is 11.5. The first-order chi connectivity index (χ1) is 8.31. The fraction of sp³-hybridized carbons (Fsp3) is 0.556. The minimum Gasteiger partial charge on any atom is -0.395 e. The quantitative estimate of drug-likeness (QED) is 0.617. The number of hydrogen-bond donors (Lipinski definition) is 1. The highest BCUT2D eigenvalue weighted by Crippen LogP contribution is 2.39. The molecule has 0 amide bonds. The predicted molar refractivity (Wildman–Crippen MR) is 69.1 cm³/mol. The molecule has 0 bridgehead atoms. The first-order valence-electron chi connectivity index (χ1n) is 5.15. The van der Waals surface area contributed by atoms with Gasteiger partial charge < -0.3 is 10.0 Å². The van der Waals surface area contributed by atoms with Gasteiger partial charge in [0.25, 0.3) is 0 Å². The van der Waals surface area contributed by atoms with Gasteiger partial charge in [0.1, 0.15) is 4.21 Å². The molecule has 1 aromatic rings. The number of rotatable bonds is 6. The van der Waals surface area contributed by atoms with E-state index in [1.54, 1.807) is 11.8 Å². The topological polar surface area (TPSA) is 101 Å². The maximum Gasteiger partial charge on any atom is 0.305 e. The van der Waals surface area contributed by atoms with E-state index in [9.17, 15) is 18.5 Å². The van der Waals surface area contributed by atoms with Crippen molar-refractivity contribution in [3.05, 3.63) is 16.2 Å². The summed E-state index contributed by atoms with van der Waals surface area (Å²) in [6, 6.07) is 1.06. The van der Waals surface area contributed by atoms with Crippen LogP contribution in [-0.4, -0.2) is 44.4 Å². The van der Waals surface area contributed by atoms with Crippen LogP contribution in [0.25, 0.3) is 0 Å². The van der Waals surface area contributed by atoms with Gasteiger partial charge in [-0.05, 0) is 6.92 Å². The van der Waals surface area contributed by atoms with Gasteiger partial charge >= 0.3 is 5.69 Å². The molecule has 1 aromatic heterocycles. The molecule has 0 fully saturated rings. The van der Waals surface area contributed by atoms with Crippen LogP contribution in [0.3, 0.4) is 0 Å². The van der Waals surface area contributed by atoms with E-state index in [1.165, 1.54) is 0 Å². The van der Waals surface area contributed by atoms with Crippen molar-refractivity contribution in [1.29, 1.82) is 0 Å². The third-order valence-corrected chi connectivity index (χ3v) is 5.26. The molecule has 102 valence electrons. The molecule has 0 saturated carbocycles. The highest BCUT2D eigenvalue weighted by molar-refractivity contribution is 7.92. The molecule has 0 saturated heterocycles. The van der Waals surface area contributed by atoms with Crippen molar-refractivity contribution >= 4 is 31.9 Å². The van der Waals surface area contributed by atoms with Crippen LogP contribution in [0.2, 0.25) is 0 Å². The lowest BCUT2D eigenvalue weighted by molar-refractivity contribution is -0.383. The number of sulfone groups is 1. The van der Waals surface area contributed by atoms with Gasteiger partial charge in [-0.2, -0.15) is 0 Å². The first kappa shape index (κ1) is 14.9. The van der Waals surface area contributed by atoms with Gasteiger partial charge in [-0.15, -0.1) is 0 Å². The number of likely N-dealkylation sites (N-methyl/N-ethyl adjacent to an activating group) is 1. The van der Waals surface area contributed by atoms with Gasteiger partial charge in [-0.1, -0.05) is 11.3 Å². The third kappa shape index (κ3) is 3.18. The number of hydrogen-bond acceptors (Lipinski definition) is 7. The second kappa shape index (κ2) is 5.63. The second-order valence-corrected chi connectivity index (χ2v) is 6.86. The average molecular weight is 294 g/mol. The predicted octanol–water partition coefficient (Wildman–Crippen LogP) is 0.878. The van der Waals surface area contributed by atoms with E-state index in [4.69, 9.17) is 5.11 Å². The zero-order valence-electron chi connectivity index (χ0n) is 9.99. The summed E-state index contributed by atoms with van der Waals surface area (Å²) < 4.78 is 22.8. The molecule has 0 atom stereocenters. The standard InChI is InChI=1S/C9H14N2O5S2/c1-3-10(4-5-12)9-7(11(13)14)6-8(17-9)18(2,15)16/h6,12H,3-5H2,1-2H3. The Balaban J connectivity index is 3.32. The number of nitro groups is 1. The van der Waals surface area contributed by atoms with E-state index in [0.717, 1.165) is 23.7 Å². The number of anilines is 1. The Morgan fingerprint density at radius 2 is 2.17 bits per heavy atom. The third-order valence-electron chi connectivity index (χ3n) is 2.27. The van der Waals surface area contributed by atoms with E-state index >= 15 is 0 Å². The summed E-state index contributed by atoms with van der Waals surface area (Å²) in [7, 11) is -3.47. The van der Waals surface area contributed by atoms with Crippen LogP contribution in [0.4, 0.5) is 10.7 Å². The van der Waals surface area contributed by atoms with Gasteiger partial charge in [0, 0.05) is 25.4 Å². The van der Waals surface area contributed by atoms with Crippen LogP contribution < -0.4 is 4.90 Å². The second-order valence-electron chi connectivity index (χ2n) is 3.59. The zero-order valence-corrected chi connectivity index (χ0v) is 11.6. The number of aliphatic hydroxyl groups excluding tert-OH is 1. The fourth-order valence-electron chi connectivity index (χ4n) is 1.41. The number of nitrogens with zero attached hydrogens (tertiary/aromatic N) is 2. The molecular weight excluding hydrogens is 280 g/mol. The van der Waals surface area contributed by atoms with Crippen molar-refractivity contribution in [1.82, 2.24) is 0 Å². The molecule has 0 spiro atoms. The lowest BCUT2D eigenvalue weighted by Crippen LogP contribution is -2.25. The maximum absolute atomic E-state index is 11.4. The molecule has 7 nitrogen and oxygen atoms in total. The Hall–Kier alpha value is -1.19. The molecular formula is C9H14N2O5S2. The summed E-state index contributed by atoms with van der Waals surface area (Å²) in [6.07, 6.45) is 1.01. The van der Waals surface area contributed by atoms with Gasteiger partial charge in [0.15, 0.2) is 14.8 Å². The van der Waals surface area contributed by atoms with Gasteiger partial charge in [0.05, 0.1) is 11.5 Å². The zero-order chi connectivity index (χ0) is 13.9. The minimum atomic E-state index is -3.47. The molecule has 18 heavy (non-hydrogen) atoms. The monoisotopic (exact) mass is 294 g/mol. The molecule has 0 aromatic carbocycles. The Bertz CT molecular complexity index is 537. The van der Waals surface area contributed by atoms with Crippen LogP contribution in [-0.2, 0) is 9.84 Å². The Labute approximate surface area is 109 Å². The molecule has 0 aliphatic carbocycles. The van der Waals surface area contributed by atoms with Crippen molar-refractivity contribution in [2.75, 3.05) is 30.9 Å². The number of aliphatic hydroxyl groups is 1. The largest absolute Gasteiger partial charge is 0.395 e. The van der Waals surface area contributed by atoms with E-state index in [1.807, 2.05) is 0 Å². The molecule has 0 radical (unpaired) electrons. The minimum absolute atomic E-state index is 0.0411. The molecule has 0 unspecified atom stereocenters. The lowest BCUT2D eigenvalue weighted by Gasteiger charge is -2.18. The SMILES string of the molecule is CCN(CCO)c1sc(S(C)(=O)=O)cc1[N+](=O)[O-]. The summed E-state index contributed by atoms with van der Waals surface area (Å²) in [5.41, 5.74) is -0.240. The summed E-state index contributed by atoms with van der Waals surface area (Å²) >= 11 is 0.853. The van der Waals surface area contributed by atoms with Crippen molar-refractivity contribution < 1.29 is 18.4 Å². The molecule has 9 heteroatoms. The van der Waals surface area contributed by atoms with Gasteiger partial charge in [-0.3, -0.25) is 10.1 Å². The summed E-state index contributed by atoms with van der Waals surface area (Å²) in [4.78, 5) is 11.9. The molecule has 1 N–H and O–H groups in total. The Kier molecular flexibility index (Phi) is 4.65. The average Bonchev–Trinajstić information content (AvgIpc) is 2.70. The smallest absolute Gasteiger partial charge is 0.305 e. The van der Waals surface area contributed by atoms with Crippen molar-refractivity contribution in [2.45, 2.75) is 11.1 Å². The maximum atomic E-state index is 11.4. The van der Waals surface area contributed by atoms with Crippen molar-refractivity contribution in [3.8, 4) is 0 Å². The van der Waals surface area contributed by atoms with Crippen molar-refractivity contribution in [3.63, 3.8) is 0 Å². The molecule has 0 aliphatic rings. The highest BCUT2D eigenvalue weighted by Gasteiger charge is 2.26. The van der Waals surface area contributed by atoms with Gasteiger partial charge in [0.2, 0.25) is 0 Å². The highest BCUT2D eigenvalue weighted by atomic mass is 32.2. The lowest BCUT2D eigenvalue weighted by atomic mass is 10.4. The van der Waals surface area contributed by atoms with E-state index in [2.05, 4.69) is 0 Å². The van der Waals surface area contributed by atoms with Gasteiger partial charge in [-0.25, -0.2) is 8.42 Å². The molecule has 1 rings (SSSR count). The van der Waals surface area contributed by atoms with Crippen LogP contribution in [0, 0.1) is 10.1 Å². The summed E-state index contributed by atoms with van der Waals surface area (Å²) in [5.74, 6) is 0. The van der Waals surface area contributed by atoms with E-state index in [0.29, 0.717) is 6.54 Å². The number of thiophene rings is 1.